The number of anilines is 4. The van der Waals surface area contributed by atoms with Crippen LogP contribution < -0.4 is 21.3 Å². The maximum atomic E-state index is 12.9. The number of carbonyl (C=O) groups excluding carboxylic acids is 2. The highest BCUT2D eigenvalue weighted by molar-refractivity contribution is 6.05. The summed E-state index contributed by atoms with van der Waals surface area (Å²) in [5.74, 6) is -0.176. The first kappa shape index (κ1) is 17.3. The largest absolute Gasteiger partial charge is 0.383 e. The van der Waals surface area contributed by atoms with Gasteiger partial charge in [0.25, 0.3) is 0 Å². The van der Waals surface area contributed by atoms with Gasteiger partial charge in [-0.1, -0.05) is 18.2 Å². The summed E-state index contributed by atoms with van der Waals surface area (Å²) in [5, 5.41) is 5.65. The molecule has 0 spiro atoms. The summed E-state index contributed by atoms with van der Waals surface area (Å²) in [6, 6.07) is 7.49. The van der Waals surface area contributed by atoms with Gasteiger partial charge in [0.15, 0.2) is 0 Å². The predicted molar refractivity (Wildman–Crippen MR) is 104 cm³/mol. The number of fused-ring (bicyclic) bond motifs is 1. The Hall–Kier alpha value is -3.16. The van der Waals surface area contributed by atoms with Crippen LogP contribution in [0.3, 0.4) is 0 Å². The molecule has 8 nitrogen and oxygen atoms in total. The highest BCUT2D eigenvalue weighted by Crippen LogP contribution is 2.37. The van der Waals surface area contributed by atoms with E-state index in [0.717, 1.165) is 31.5 Å². The van der Waals surface area contributed by atoms with E-state index in [1.165, 1.54) is 0 Å². The second kappa shape index (κ2) is 6.86. The standard InChI is InChI=1S/C19H22N6O2/c1-11-6-2-3-7-13(11)21-18(27)12-10-14(26)22-17-15(12)16(20)23-19(24-17)25-8-4-5-9-25/h2-3,6-7,12H,4-5,8-10H2,1H3,(H,21,27)(H3,20,22,23,24,26). The van der Waals surface area contributed by atoms with Crippen LogP contribution in [0.1, 0.15) is 36.3 Å². The lowest BCUT2D eigenvalue weighted by Crippen LogP contribution is -2.33. The van der Waals surface area contributed by atoms with Gasteiger partial charge < -0.3 is 21.3 Å². The lowest BCUT2D eigenvalue weighted by Gasteiger charge is -2.27. The molecule has 1 unspecified atom stereocenters. The van der Waals surface area contributed by atoms with E-state index in [-0.39, 0.29) is 24.1 Å². The summed E-state index contributed by atoms with van der Waals surface area (Å²) < 4.78 is 0. The molecule has 2 aliphatic rings. The molecule has 0 bridgehead atoms. The molecule has 4 N–H and O–H groups in total. The molecule has 8 heteroatoms. The average Bonchev–Trinajstić information content (AvgIpc) is 3.17. The summed E-state index contributed by atoms with van der Waals surface area (Å²) in [7, 11) is 0. The maximum absolute atomic E-state index is 12.9. The van der Waals surface area contributed by atoms with Crippen molar-refractivity contribution < 1.29 is 9.59 Å². The fourth-order valence-electron chi connectivity index (χ4n) is 3.60. The predicted octanol–water partition coefficient (Wildman–Crippen LogP) is 2.03. The first-order chi connectivity index (χ1) is 13.0. The molecule has 0 aliphatic carbocycles. The molecule has 2 amide bonds. The van der Waals surface area contributed by atoms with Crippen LogP contribution in [-0.4, -0.2) is 34.9 Å². The van der Waals surface area contributed by atoms with Crippen molar-refractivity contribution in [3.8, 4) is 0 Å². The first-order valence-electron chi connectivity index (χ1n) is 9.11. The zero-order chi connectivity index (χ0) is 19.0. The van der Waals surface area contributed by atoms with Crippen LogP contribution in [0.25, 0.3) is 0 Å². The number of hydrogen-bond donors (Lipinski definition) is 3. The third-order valence-electron chi connectivity index (χ3n) is 5.07. The first-order valence-corrected chi connectivity index (χ1v) is 9.11. The Morgan fingerprint density at radius 1 is 1.26 bits per heavy atom. The number of nitrogens with zero attached hydrogens (tertiary/aromatic N) is 3. The summed E-state index contributed by atoms with van der Waals surface area (Å²) in [5.41, 5.74) is 8.34. The zero-order valence-electron chi connectivity index (χ0n) is 15.2. The Kier molecular flexibility index (Phi) is 4.39. The Bertz CT molecular complexity index is 907. The summed E-state index contributed by atoms with van der Waals surface area (Å²) in [6.45, 7) is 3.64. The van der Waals surface area contributed by atoms with Crippen molar-refractivity contribution in [2.45, 2.75) is 32.1 Å². The fourth-order valence-corrected chi connectivity index (χ4v) is 3.60. The van der Waals surface area contributed by atoms with Gasteiger partial charge in [-0.05, 0) is 31.4 Å². The van der Waals surface area contributed by atoms with Gasteiger partial charge in [-0.15, -0.1) is 0 Å². The SMILES string of the molecule is Cc1ccccc1NC(=O)C1CC(=O)Nc2nc(N3CCCC3)nc(N)c21. The Labute approximate surface area is 157 Å². The number of nitrogens with one attached hydrogen (secondary N) is 2. The minimum absolute atomic E-state index is 0.0152. The van der Waals surface area contributed by atoms with Crippen molar-refractivity contribution in [2.24, 2.45) is 0 Å². The number of nitrogens with two attached hydrogens (primary N) is 1. The molecule has 140 valence electrons. The van der Waals surface area contributed by atoms with Gasteiger partial charge in [0.2, 0.25) is 17.8 Å². The third-order valence-corrected chi connectivity index (χ3v) is 5.07. The number of amides is 2. The van der Waals surface area contributed by atoms with Gasteiger partial charge in [-0.25, -0.2) is 0 Å². The number of benzene rings is 1. The van der Waals surface area contributed by atoms with Gasteiger partial charge in [0.05, 0.1) is 11.5 Å². The number of aryl methyl sites for hydroxylation is 1. The van der Waals surface area contributed by atoms with E-state index in [1.807, 2.05) is 36.1 Å². The van der Waals surface area contributed by atoms with E-state index in [0.29, 0.717) is 23.0 Å². The molecule has 2 aromatic rings. The zero-order valence-corrected chi connectivity index (χ0v) is 15.2. The number of nitrogen functional groups attached to an aromatic ring is 1. The third kappa shape index (κ3) is 3.30. The summed E-state index contributed by atoms with van der Waals surface area (Å²) >= 11 is 0. The summed E-state index contributed by atoms with van der Waals surface area (Å²) in [4.78, 5) is 36.0. The van der Waals surface area contributed by atoms with Gasteiger partial charge >= 0.3 is 0 Å². The van der Waals surface area contributed by atoms with Gasteiger partial charge in [-0.3, -0.25) is 9.59 Å². The highest BCUT2D eigenvalue weighted by Gasteiger charge is 2.35. The molecule has 1 aromatic heterocycles. The number of aromatic nitrogens is 2. The maximum Gasteiger partial charge on any atom is 0.232 e. The molecular formula is C19H22N6O2. The topological polar surface area (TPSA) is 113 Å². The second-order valence-electron chi connectivity index (χ2n) is 6.97. The monoisotopic (exact) mass is 366 g/mol. The molecule has 0 saturated carbocycles. The van der Waals surface area contributed by atoms with Crippen molar-refractivity contribution in [2.75, 3.05) is 34.4 Å². The molecule has 3 heterocycles. The smallest absolute Gasteiger partial charge is 0.232 e. The van der Waals surface area contributed by atoms with Crippen LogP contribution in [-0.2, 0) is 9.59 Å². The normalized spacial score (nSPS) is 18.8. The average molecular weight is 366 g/mol. The molecule has 4 rings (SSSR count). The van der Waals surface area contributed by atoms with Crippen LogP contribution >= 0.6 is 0 Å². The lowest BCUT2D eigenvalue weighted by atomic mass is 9.91. The van der Waals surface area contributed by atoms with Crippen molar-refractivity contribution in [3.63, 3.8) is 0 Å². The molecular weight excluding hydrogens is 344 g/mol. The Morgan fingerprint density at radius 2 is 2.00 bits per heavy atom. The fraction of sp³-hybridized carbons (Fsp3) is 0.368. The molecule has 1 atom stereocenters. The van der Waals surface area contributed by atoms with Gasteiger partial charge in [0, 0.05) is 25.2 Å². The van der Waals surface area contributed by atoms with E-state index in [9.17, 15) is 9.59 Å². The molecule has 1 fully saturated rings. The van der Waals surface area contributed by atoms with Crippen molar-refractivity contribution in [3.05, 3.63) is 35.4 Å². The van der Waals surface area contributed by atoms with E-state index in [4.69, 9.17) is 5.73 Å². The van der Waals surface area contributed by atoms with E-state index in [2.05, 4.69) is 20.6 Å². The van der Waals surface area contributed by atoms with E-state index in [1.54, 1.807) is 0 Å². The van der Waals surface area contributed by atoms with Gasteiger partial charge in [0.1, 0.15) is 11.6 Å². The van der Waals surface area contributed by atoms with Crippen molar-refractivity contribution in [1.29, 1.82) is 0 Å². The summed E-state index contributed by atoms with van der Waals surface area (Å²) in [6.07, 6.45) is 2.17. The number of carbonyl (C=O) groups is 2. The molecule has 2 aliphatic heterocycles. The van der Waals surface area contributed by atoms with Crippen LogP contribution in [0.15, 0.2) is 24.3 Å². The lowest BCUT2D eigenvalue weighted by molar-refractivity contribution is -0.123. The van der Waals surface area contributed by atoms with E-state index >= 15 is 0 Å². The van der Waals surface area contributed by atoms with Crippen molar-refractivity contribution >= 4 is 35.1 Å². The van der Waals surface area contributed by atoms with Crippen LogP contribution in [0, 0.1) is 6.92 Å². The molecule has 1 aromatic carbocycles. The van der Waals surface area contributed by atoms with Crippen LogP contribution in [0.2, 0.25) is 0 Å². The minimum atomic E-state index is -0.721. The molecule has 0 radical (unpaired) electrons. The number of rotatable bonds is 3. The Morgan fingerprint density at radius 3 is 2.74 bits per heavy atom. The second-order valence-corrected chi connectivity index (χ2v) is 6.97. The minimum Gasteiger partial charge on any atom is -0.383 e. The number of hydrogen-bond acceptors (Lipinski definition) is 6. The van der Waals surface area contributed by atoms with Gasteiger partial charge in [-0.2, -0.15) is 9.97 Å². The molecule has 1 saturated heterocycles. The molecule has 27 heavy (non-hydrogen) atoms. The van der Waals surface area contributed by atoms with Crippen LogP contribution in [0.4, 0.5) is 23.3 Å². The van der Waals surface area contributed by atoms with E-state index < -0.39 is 5.92 Å². The van der Waals surface area contributed by atoms with Crippen molar-refractivity contribution in [1.82, 2.24) is 9.97 Å². The Balaban J connectivity index is 1.67. The van der Waals surface area contributed by atoms with Crippen LogP contribution in [0.5, 0.6) is 0 Å². The number of para-hydroxylation sites is 1. The quantitative estimate of drug-likeness (QED) is 0.766. The highest BCUT2D eigenvalue weighted by atomic mass is 16.2.